The van der Waals surface area contributed by atoms with E-state index in [9.17, 15) is 4.79 Å². The number of nitrogens with zero attached hydrogens (tertiary/aromatic N) is 1. The molecule has 0 saturated heterocycles. The zero-order valence-electron chi connectivity index (χ0n) is 10.6. The molecule has 4 nitrogen and oxygen atoms in total. The lowest BCUT2D eigenvalue weighted by atomic mass is 10.1. The van der Waals surface area contributed by atoms with Gasteiger partial charge in [0.2, 0.25) is 5.91 Å². The van der Waals surface area contributed by atoms with Gasteiger partial charge in [-0.25, -0.2) is 0 Å². The standard InChI is InChI=1S/C14H21N3O/c15-8-4-3-7-13(16)14(18)17-9-11-5-1-2-6-12(11)10-17/h1-2,5-6,13H,3-4,7-10,15-16H2. The van der Waals surface area contributed by atoms with Gasteiger partial charge in [0.1, 0.15) is 0 Å². The molecule has 1 heterocycles. The third-order valence-electron chi connectivity index (χ3n) is 3.44. The lowest BCUT2D eigenvalue weighted by Crippen LogP contribution is -2.41. The van der Waals surface area contributed by atoms with Crippen LogP contribution in [-0.2, 0) is 17.9 Å². The Morgan fingerprint density at radius 2 is 1.83 bits per heavy atom. The number of hydrogen-bond donors (Lipinski definition) is 2. The molecule has 0 radical (unpaired) electrons. The van der Waals surface area contributed by atoms with Crippen LogP contribution >= 0.6 is 0 Å². The summed E-state index contributed by atoms with van der Waals surface area (Å²) in [5.41, 5.74) is 13.8. The summed E-state index contributed by atoms with van der Waals surface area (Å²) in [6.07, 6.45) is 2.58. The smallest absolute Gasteiger partial charge is 0.240 e. The summed E-state index contributed by atoms with van der Waals surface area (Å²) in [7, 11) is 0. The van der Waals surface area contributed by atoms with Gasteiger partial charge in [-0.1, -0.05) is 30.7 Å². The summed E-state index contributed by atoms with van der Waals surface area (Å²) >= 11 is 0. The largest absolute Gasteiger partial charge is 0.333 e. The zero-order valence-corrected chi connectivity index (χ0v) is 10.6. The Kier molecular flexibility index (Phi) is 4.33. The van der Waals surface area contributed by atoms with E-state index in [1.165, 1.54) is 11.1 Å². The first-order chi connectivity index (χ1) is 8.72. The summed E-state index contributed by atoms with van der Waals surface area (Å²) in [6.45, 7) is 2.05. The second kappa shape index (κ2) is 5.98. The van der Waals surface area contributed by atoms with Gasteiger partial charge in [-0.2, -0.15) is 0 Å². The van der Waals surface area contributed by atoms with E-state index in [1.54, 1.807) is 0 Å². The minimum absolute atomic E-state index is 0.0585. The predicted molar refractivity (Wildman–Crippen MR) is 71.6 cm³/mol. The van der Waals surface area contributed by atoms with Gasteiger partial charge < -0.3 is 16.4 Å². The molecule has 0 aromatic heterocycles. The van der Waals surface area contributed by atoms with Crippen LogP contribution in [0.25, 0.3) is 0 Å². The van der Waals surface area contributed by atoms with Gasteiger partial charge in [0.25, 0.3) is 0 Å². The molecule has 0 fully saturated rings. The third-order valence-corrected chi connectivity index (χ3v) is 3.44. The number of nitrogens with two attached hydrogens (primary N) is 2. The van der Waals surface area contributed by atoms with Crippen molar-refractivity contribution >= 4 is 5.91 Å². The van der Waals surface area contributed by atoms with Crippen molar-refractivity contribution < 1.29 is 4.79 Å². The topological polar surface area (TPSA) is 72.3 Å². The number of unbranched alkanes of at least 4 members (excludes halogenated alkanes) is 1. The van der Waals surface area contributed by atoms with Crippen LogP contribution in [0.15, 0.2) is 24.3 Å². The van der Waals surface area contributed by atoms with E-state index in [0.717, 1.165) is 19.3 Å². The van der Waals surface area contributed by atoms with E-state index in [-0.39, 0.29) is 11.9 Å². The lowest BCUT2D eigenvalue weighted by molar-refractivity contribution is -0.133. The minimum Gasteiger partial charge on any atom is -0.333 e. The average Bonchev–Trinajstić information content (AvgIpc) is 2.81. The second-order valence-corrected chi connectivity index (χ2v) is 4.85. The van der Waals surface area contributed by atoms with Crippen molar-refractivity contribution in [2.45, 2.75) is 38.4 Å². The van der Waals surface area contributed by atoms with Crippen molar-refractivity contribution in [3.05, 3.63) is 35.4 Å². The van der Waals surface area contributed by atoms with E-state index in [0.29, 0.717) is 19.6 Å². The van der Waals surface area contributed by atoms with Crippen molar-refractivity contribution in [1.82, 2.24) is 4.90 Å². The van der Waals surface area contributed by atoms with E-state index < -0.39 is 0 Å². The third kappa shape index (κ3) is 2.89. The van der Waals surface area contributed by atoms with Crippen LogP contribution in [0.5, 0.6) is 0 Å². The van der Waals surface area contributed by atoms with Crippen molar-refractivity contribution in [2.24, 2.45) is 11.5 Å². The molecule has 1 atom stereocenters. The highest BCUT2D eigenvalue weighted by Gasteiger charge is 2.26. The van der Waals surface area contributed by atoms with Crippen LogP contribution in [0.1, 0.15) is 30.4 Å². The Bertz CT molecular complexity index is 394. The number of rotatable bonds is 5. The number of carbonyl (C=O) groups is 1. The molecule has 1 aliphatic heterocycles. The van der Waals surface area contributed by atoms with Gasteiger partial charge in [0.15, 0.2) is 0 Å². The molecule has 0 spiro atoms. The van der Waals surface area contributed by atoms with Gasteiger partial charge in [-0.3, -0.25) is 4.79 Å². The highest BCUT2D eigenvalue weighted by atomic mass is 16.2. The Balaban J connectivity index is 1.88. The molecule has 1 aromatic carbocycles. The van der Waals surface area contributed by atoms with E-state index >= 15 is 0 Å². The van der Waals surface area contributed by atoms with Crippen LogP contribution in [0, 0.1) is 0 Å². The van der Waals surface area contributed by atoms with Crippen molar-refractivity contribution in [2.75, 3.05) is 6.54 Å². The quantitative estimate of drug-likeness (QED) is 0.762. The molecule has 1 unspecified atom stereocenters. The summed E-state index contributed by atoms with van der Waals surface area (Å²) < 4.78 is 0. The van der Waals surface area contributed by atoms with Crippen LogP contribution in [0.3, 0.4) is 0 Å². The number of amides is 1. The van der Waals surface area contributed by atoms with E-state index in [1.807, 2.05) is 17.0 Å². The number of carbonyl (C=O) groups excluding carboxylic acids is 1. The van der Waals surface area contributed by atoms with Gasteiger partial charge in [-0.05, 0) is 30.5 Å². The minimum atomic E-state index is -0.383. The van der Waals surface area contributed by atoms with Crippen LogP contribution in [-0.4, -0.2) is 23.4 Å². The zero-order chi connectivity index (χ0) is 13.0. The predicted octanol–water partition coefficient (Wildman–Crippen LogP) is 0.985. The second-order valence-electron chi connectivity index (χ2n) is 4.85. The highest BCUT2D eigenvalue weighted by Crippen LogP contribution is 2.22. The number of hydrogen-bond acceptors (Lipinski definition) is 3. The van der Waals surface area contributed by atoms with E-state index in [2.05, 4.69) is 12.1 Å². The fourth-order valence-electron chi connectivity index (χ4n) is 2.36. The molecule has 0 saturated carbocycles. The van der Waals surface area contributed by atoms with Gasteiger partial charge in [0.05, 0.1) is 6.04 Å². The fourth-order valence-corrected chi connectivity index (χ4v) is 2.36. The van der Waals surface area contributed by atoms with Crippen molar-refractivity contribution in [3.8, 4) is 0 Å². The summed E-state index contributed by atoms with van der Waals surface area (Å²) in [6, 6.07) is 7.78. The summed E-state index contributed by atoms with van der Waals surface area (Å²) in [5, 5.41) is 0. The molecule has 1 aromatic rings. The summed E-state index contributed by atoms with van der Waals surface area (Å²) in [4.78, 5) is 14.0. The first-order valence-electron chi connectivity index (χ1n) is 6.53. The Hall–Kier alpha value is -1.39. The van der Waals surface area contributed by atoms with Crippen LogP contribution in [0.4, 0.5) is 0 Å². The van der Waals surface area contributed by atoms with E-state index in [4.69, 9.17) is 11.5 Å². The molecule has 18 heavy (non-hydrogen) atoms. The lowest BCUT2D eigenvalue weighted by Gasteiger charge is -2.20. The molecular formula is C14H21N3O. The molecule has 4 heteroatoms. The van der Waals surface area contributed by atoms with Crippen molar-refractivity contribution in [1.29, 1.82) is 0 Å². The number of benzene rings is 1. The molecule has 0 bridgehead atoms. The average molecular weight is 247 g/mol. The van der Waals surface area contributed by atoms with Gasteiger partial charge >= 0.3 is 0 Å². The van der Waals surface area contributed by atoms with Crippen LogP contribution < -0.4 is 11.5 Å². The Morgan fingerprint density at radius 1 is 1.22 bits per heavy atom. The monoisotopic (exact) mass is 247 g/mol. The first-order valence-corrected chi connectivity index (χ1v) is 6.53. The molecule has 98 valence electrons. The maximum absolute atomic E-state index is 12.2. The van der Waals surface area contributed by atoms with Crippen molar-refractivity contribution in [3.63, 3.8) is 0 Å². The first kappa shape index (κ1) is 13.1. The van der Waals surface area contributed by atoms with Crippen LogP contribution in [0.2, 0.25) is 0 Å². The Morgan fingerprint density at radius 3 is 2.39 bits per heavy atom. The molecule has 4 N–H and O–H groups in total. The maximum atomic E-state index is 12.2. The molecular weight excluding hydrogens is 226 g/mol. The molecule has 1 amide bonds. The SMILES string of the molecule is NCCCCC(N)C(=O)N1Cc2ccccc2C1. The maximum Gasteiger partial charge on any atom is 0.240 e. The number of fused-ring (bicyclic) bond motifs is 1. The molecule has 2 rings (SSSR count). The normalized spacial score (nSPS) is 15.6. The summed E-state index contributed by atoms with van der Waals surface area (Å²) in [5.74, 6) is 0.0585. The molecule has 0 aliphatic carbocycles. The van der Waals surface area contributed by atoms with Gasteiger partial charge in [0, 0.05) is 13.1 Å². The molecule has 1 aliphatic rings. The fraction of sp³-hybridized carbons (Fsp3) is 0.500. The highest BCUT2D eigenvalue weighted by molar-refractivity contribution is 5.82. The Labute approximate surface area is 108 Å². The van der Waals surface area contributed by atoms with Gasteiger partial charge in [-0.15, -0.1) is 0 Å².